The average Bonchev–Trinajstić information content (AvgIpc) is 3.04. The molecule has 2 fully saturated rings. The summed E-state index contributed by atoms with van der Waals surface area (Å²) in [4.78, 5) is 12.4. The second kappa shape index (κ2) is 6.96. The van der Waals surface area contributed by atoms with Crippen molar-refractivity contribution in [3.63, 3.8) is 0 Å². The molecule has 1 aliphatic carbocycles. The van der Waals surface area contributed by atoms with Crippen LogP contribution in [0.2, 0.25) is 5.02 Å². The molecular weight excluding hydrogens is 367 g/mol. The molecule has 2 heterocycles. The number of hydrogen-bond donors (Lipinski definition) is 2. The van der Waals surface area contributed by atoms with Gasteiger partial charge in [-0.05, 0) is 49.9 Å². The van der Waals surface area contributed by atoms with Gasteiger partial charge < -0.3 is 10.6 Å². The number of nitrogens with one attached hydrogen (secondary N) is 2. The van der Waals surface area contributed by atoms with E-state index in [2.05, 4.69) is 20.8 Å². The number of benzene rings is 1. The van der Waals surface area contributed by atoms with Gasteiger partial charge in [0.05, 0.1) is 0 Å². The third kappa shape index (κ3) is 3.42. The van der Waals surface area contributed by atoms with Crippen LogP contribution in [-0.4, -0.2) is 29.2 Å². The Labute approximate surface area is 155 Å². The quantitative estimate of drug-likeness (QED) is 0.847. The molecule has 1 aromatic carbocycles. The van der Waals surface area contributed by atoms with E-state index in [1.165, 1.54) is 11.3 Å². The molecule has 8 heteroatoms. The third-order valence-electron chi connectivity index (χ3n) is 4.83. The van der Waals surface area contributed by atoms with Gasteiger partial charge in [-0.1, -0.05) is 35.1 Å². The number of anilines is 1. The molecule has 1 aromatic heterocycles. The lowest BCUT2D eigenvalue weighted by molar-refractivity contribution is -0.118. The molecule has 1 saturated carbocycles. The molecule has 1 saturated heterocycles. The highest BCUT2D eigenvalue weighted by Crippen LogP contribution is 2.58. The molecule has 4 rings (SSSR count). The highest BCUT2D eigenvalue weighted by Gasteiger charge is 2.57. The molecule has 0 bridgehead atoms. The Kier molecular flexibility index (Phi) is 5.11. The first-order valence-electron chi connectivity index (χ1n) is 7.77. The Morgan fingerprint density at radius 3 is 2.88 bits per heavy atom. The summed E-state index contributed by atoms with van der Waals surface area (Å²) in [6.45, 7) is 2.03. The number of amides is 1. The van der Waals surface area contributed by atoms with E-state index in [1.807, 2.05) is 24.3 Å². The lowest BCUT2D eigenvalue weighted by Gasteiger charge is -2.22. The van der Waals surface area contributed by atoms with Crippen LogP contribution in [0.25, 0.3) is 10.6 Å². The fourth-order valence-corrected chi connectivity index (χ4v) is 4.33. The zero-order valence-corrected chi connectivity index (χ0v) is 15.3. The van der Waals surface area contributed by atoms with Crippen molar-refractivity contribution in [2.75, 3.05) is 18.4 Å². The monoisotopic (exact) mass is 384 g/mol. The van der Waals surface area contributed by atoms with E-state index in [4.69, 9.17) is 11.6 Å². The SMILES string of the molecule is Cl.O=C(Nc1nnc(-c2cccc(Cl)c2)s1)C1CC12CCNCC2. The number of hydrogen-bond acceptors (Lipinski definition) is 5. The fraction of sp³-hybridized carbons (Fsp3) is 0.438. The van der Waals surface area contributed by atoms with Gasteiger partial charge in [-0.25, -0.2) is 0 Å². The van der Waals surface area contributed by atoms with Gasteiger partial charge in [0.15, 0.2) is 0 Å². The van der Waals surface area contributed by atoms with Gasteiger partial charge in [-0.3, -0.25) is 4.79 Å². The average molecular weight is 385 g/mol. The van der Waals surface area contributed by atoms with Crippen molar-refractivity contribution in [3.05, 3.63) is 29.3 Å². The molecule has 1 atom stereocenters. The third-order valence-corrected chi connectivity index (χ3v) is 5.96. The number of halogens is 2. The number of carbonyl (C=O) groups excluding carboxylic acids is 1. The molecule has 1 amide bonds. The summed E-state index contributed by atoms with van der Waals surface area (Å²) in [6.07, 6.45) is 3.18. The normalized spacial score (nSPS) is 21.1. The molecule has 0 radical (unpaired) electrons. The first-order valence-corrected chi connectivity index (χ1v) is 8.97. The lowest BCUT2D eigenvalue weighted by Crippen LogP contribution is -2.31. The number of carbonyl (C=O) groups is 1. The Morgan fingerprint density at radius 1 is 1.33 bits per heavy atom. The van der Waals surface area contributed by atoms with Crippen molar-refractivity contribution < 1.29 is 4.79 Å². The van der Waals surface area contributed by atoms with Crippen LogP contribution in [0.3, 0.4) is 0 Å². The van der Waals surface area contributed by atoms with E-state index in [0.717, 1.165) is 42.9 Å². The first kappa shape index (κ1) is 17.6. The summed E-state index contributed by atoms with van der Waals surface area (Å²) in [6, 6.07) is 7.48. The fourth-order valence-electron chi connectivity index (χ4n) is 3.40. The topological polar surface area (TPSA) is 66.9 Å². The summed E-state index contributed by atoms with van der Waals surface area (Å²) in [7, 11) is 0. The first-order chi connectivity index (χ1) is 11.2. The van der Waals surface area contributed by atoms with Gasteiger partial charge >= 0.3 is 0 Å². The zero-order valence-electron chi connectivity index (χ0n) is 12.9. The Morgan fingerprint density at radius 2 is 2.12 bits per heavy atom. The second-order valence-electron chi connectivity index (χ2n) is 6.28. The van der Waals surface area contributed by atoms with E-state index >= 15 is 0 Å². The number of aromatic nitrogens is 2. The van der Waals surface area contributed by atoms with Crippen molar-refractivity contribution in [2.24, 2.45) is 11.3 Å². The smallest absolute Gasteiger partial charge is 0.229 e. The van der Waals surface area contributed by atoms with E-state index in [9.17, 15) is 4.79 Å². The van der Waals surface area contributed by atoms with E-state index < -0.39 is 0 Å². The van der Waals surface area contributed by atoms with E-state index in [1.54, 1.807) is 0 Å². The van der Waals surface area contributed by atoms with Gasteiger partial charge in [0.25, 0.3) is 0 Å². The molecule has 1 aliphatic heterocycles. The molecule has 2 aromatic rings. The van der Waals surface area contributed by atoms with E-state index in [-0.39, 0.29) is 29.6 Å². The predicted octanol–water partition coefficient (Wildman–Crippen LogP) is 3.61. The zero-order chi connectivity index (χ0) is 15.9. The summed E-state index contributed by atoms with van der Waals surface area (Å²) in [5.41, 5.74) is 1.15. The number of nitrogens with zero attached hydrogens (tertiary/aromatic N) is 2. The number of rotatable bonds is 3. The standard InChI is InChI=1S/C16H17ClN4OS.ClH/c17-11-3-1-2-10(8-11)14-20-21-15(23-14)19-13(22)12-9-16(12)4-6-18-7-5-16;/h1-3,8,12,18H,4-7,9H2,(H,19,21,22);1H. The van der Waals surface area contributed by atoms with Crippen molar-refractivity contribution >= 4 is 46.4 Å². The summed E-state index contributed by atoms with van der Waals surface area (Å²) in [5, 5.41) is 16.5. The second-order valence-corrected chi connectivity index (χ2v) is 7.70. The van der Waals surface area contributed by atoms with Crippen LogP contribution >= 0.6 is 35.3 Å². The molecule has 1 spiro atoms. The van der Waals surface area contributed by atoms with Crippen LogP contribution in [-0.2, 0) is 4.79 Å². The molecular formula is C16H18Cl2N4OS. The van der Waals surface area contributed by atoms with Crippen LogP contribution in [0.15, 0.2) is 24.3 Å². The maximum absolute atomic E-state index is 12.4. The van der Waals surface area contributed by atoms with Gasteiger partial charge in [0, 0.05) is 16.5 Å². The van der Waals surface area contributed by atoms with Crippen LogP contribution in [0, 0.1) is 11.3 Å². The van der Waals surface area contributed by atoms with Gasteiger partial charge in [0.2, 0.25) is 11.0 Å². The molecule has 2 N–H and O–H groups in total. The summed E-state index contributed by atoms with van der Waals surface area (Å²) in [5.74, 6) is 0.212. The molecule has 5 nitrogen and oxygen atoms in total. The predicted molar refractivity (Wildman–Crippen MR) is 98.9 cm³/mol. The van der Waals surface area contributed by atoms with Crippen LogP contribution in [0.4, 0.5) is 5.13 Å². The highest BCUT2D eigenvalue weighted by atomic mass is 35.5. The van der Waals surface area contributed by atoms with Crippen LogP contribution in [0.5, 0.6) is 0 Å². The van der Waals surface area contributed by atoms with Crippen molar-refractivity contribution in [2.45, 2.75) is 19.3 Å². The van der Waals surface area contributed by atoms with Crippen LogP contribution < -0.4 is 10.6 Å². The van der Waals surface area contributed by atoms with Gasteiger partial charge in [-0.15, -0.1) is 22.6 Å². The summed E-state index contributed by atoms with van der Waals surface area (Å²) >= 11 is 7.38. The van der Waals surface area contributed by atoms with Crippen molar-refractivity contribution in [1.29, 1.82) is 0 Å². The minimum atomic E-state index is 0. The summed E-state index contributed by atoms with van der Waals surface area (Å²) < 4.78 is 0. The molecule has 128 valence electrons. The van der Waals surface area contributed by atoms with Crippen molar-refractivity contribution in [1.82, 2.24) is 15.5 Å². The minimum Gasteiger partial charge on any atom is -0.317 e. The Hall–Kier alpha value is -1.21. The van der Waals surface area contributed by atoms with Crippen molar-refractivity contribution in [3.8, 4) is 10.6 Å². The minimum absolute atomic E-state index is 0. The Balaban J connectivity index is 0.00000169. The van der Waals surface area contributed by atoms with E-state index in [0.29, 0.717) is 10.2 Å². The number of piperidine rings is 1. The molecule has 2 aliphatic rings. The van der Waals surface area contributed by atoms with Gasteiger partial charge in [0.1, 0.15) is 5.01 Å². The molecule has 1 unspecified atom stereocenters. The Bertz CT molecular complexity index is 745. The highest BCUT2D eigenvalue weighted by molar-refractivity contribution is 7.18. The largest absolute Gasteiger partial charge is 0.317 e. The van der Waals surface area contributed by atoms with Gasteiger partial charge in [-0.2, -0.15) is 0 Å². The van der Waals surface area contributed by atoms with Crippen LogP contribution in [0.1, 0.15) is 19.3 Å². The maximum Gasteiger partial charge on any atom is 0.229 e. The molecule has 24 heavy (non-hydrogen) atoms. The lowest BCUT2D eigenvalue weighted by atomic mass is 9.92. The maximum atomic E-state index is 12.4.